The summed E-state index contributed by atoms with van der Waals surface area (Å²) in [5, 5.41) is 48.3. The molecular weight excluding hydrogens is 1240 g/mol. The van der Waals surface area contributed by atoms with Gasteiger partial charge in [-0.3, -0.25) is 9.11 Å². The molecule has 1 fully saturated rings. The van der Waals surface area contributed by atoms with Gasteiger partial charge in [0, 0.05) is 63.0 Å². The number of fused-ring (bicyclic) bond motifs is 6. The number of hydrogen-bond donors (Lipinski definition) is 7. The molecule has 0 bridgehead atoms. The number of nitrogens with zero attached hydrogens (tertiary/aromatic N) is 3. The van der Waals surface area contributed by atoms with Gasteiger partial charge in [-0.25, -0.2) is 18.6 Å². The van der Waals surface area contributed by atoms with Crippen LogP contribution in [0, 0.1) is 0 Å². The summed E-state index contributed by atoms with van der Waals surface area (Å²) >= 11 is 2.85. The number of halogens is 2. The summed E-state index contributed by atoms with van der Waals surface area (Å²) in [6.07, 6.45) is 1.60. The number of amidine groups is 1. The van der Waals surface area contributed by atoms with Crippen LogP contribution in [-0.4, -0.2) is 129 Å². The number of carboxylic acids is 1. The molecule has 3 aliphatic heterocycles. The maximum atomic E-state index is 14.6. The van der Waals surface area contributed by atoms with Crippen LogP contribution in [0.3, 0.4) is 0 Å². The number of hydrogen-bond acceptors (Lipinski definition) is 14. The zero-order chi connectivity index (χ0) is 64.5. The first-order chi connectivity index (χ1) is 42.7. The number of thioether (sulfide) groups is 2. The minimum Gasteiger partial charge on any atom is -0.479 e. The maximum absolute atomic E-state index is 14.6. The first-order valence-electron chi connectivity index (χ1n) is 29.6. The van der Waals surface area contributed by atoms with Crippen LogP contribution >= 0.6 is 23.5 Å². The minimum atomic E-state index is -4.15. The molecule has 10 rings (SSSR count). The average Bonchev–Trinajstić information content (AvgIpc) is 1.58. The van der Waals surface area contributed by atoms with E-state index in [2.05, 4.69) is 115 Å². The molecule has 0 radical (unpaired) electrons. The normalized spacial score (nSPS) is 22.0. The van der Waals surface area contributed by atoms with Crippen molar-refractivity contribution in [3.63, 3.8) is 0 Å². The van der Waals surface area contributed by atoms with Gasteiger partial charge in [0.25, 0.3) is 26.7 Å². The molecule has 0 unspecified atom stereocenters. The van der Waals surface area contributed by atoms with Crippen molar-refractivity contribution in [2.24, 2.45) is 4.99 Å². The Morgan fingerprint density at radius 3 is 2.10 bits per heavy atom. The summed E-state index contributed by atoms with van der Waals surface area (Å²) in [7, 11) is -8.30. The Labute approximate surface area is 531 Å². The number of alkyl halides is 2. The number of aliphatic hydroxyl groups is 3. The lowest BCUT2D eigenvalue weighted by atomic mass is 9.78. The number of carbonyl (C=O) groups is 1. The second-order valence-corrected chi connectivity index (χ2v) is 28.8. The van der Waals surface area contributed by atoms with Crippen molar-refractivity contribution in [1.29, 1.82) is 0 Å². The summed E-state index contributed by atoms with van der Waals surface area (Å²) in [6, 6.07) is 36.5. The van der Waals surface area contributed by atoms with Crippen molar-refractivity contribution >= 4 is 105 Å². The summed E-state index contributed by atoms with van der Waals surface area (Å²) in [5.41, 5.74) is 7.87. The van der Waals surface area contributed by atoms with Crippen LogP contribution < -0.4 is 15.0 Å². The Hall–Kier alpha value is -6.77. The average molecular weight is 1310 g/mol. The highest BCUT2D eigenvalue weighted by Gasteiger charge is 2.49. The van der Waals surface area contributed by atoms with Crippen molar-refractivity contribution in [2.75, 3.05) is 41.1 Å². The number of unbranched alkanes of at least 4 members (excludes halogenated alkanes) is 2. The van der Waals surface area contributed by atoms with E-state index in [1.165, 1.54) is 35.0 Å². The molecule has 0 spiro atoms. The molecule has 3 heterocycles. The Morgan fingerprint density at radius 2 is 1.44 bits per heavy atom. The van der Waals surface area contributed by atoms with Gasteiger partial charge in [-0.1, -0.05) is 104 Å². The minimum absolute atomic E-state index is 0.205. The van der Waals surface area contributed by atoms with Gasteiger partial charge in [0.1, 0.15) is 30.6 Å². The van der Waals surface area contributed by atoms with Gasteiger partial charge < -0.3 is 40.1 Å². The third-order valence-electron chi connectivity index (χ3n) is 17.0. The number of aliphatic hydroxyl groups excluding tert-OH is 3. The molecule has 6 aromatic carbocycles. The molecule has 6 aromatic rings. The number of aliphatic imine (C=N–C) groups is 1. The van der Waals surface area contributed by atoms with Crippen LogP contribution in [0.1, 0.15) is 95.8 Å². The predicted molar refractivity (Wildman–Crippen MR) is 351 cm³/mol. The fourth-order valence-corrected chi connectivity index (χ4v) is 15.3. The Bertz CT molecular complexity index is 4170. The first kappa shape index (κ1) is 66.2. The van der Waals surface area contributed by atoms with Crippen molar-refractivity contribution in [3.05, 3.63) is 178 Å². The van der Waals surface area contributed by atoms with Gasteiger partial charge in [-0.05, 0) is 158 Å². The zero-order valence-electron chi connectivity index (χ0n) is 50.3. The number of allylic oxidation sites excluding steroid dienone is 7. The van der Waals surface area contributed by atoms with Gasteiger partial charge in [-0.2, -0.15) is 21.4 Å². The van der Waals surface area contributed by atoms with E-state index in [-0.39, 0.29) is 30.0 Å². The van der Waals surface area contributed by atoms with E-state index >= 15 is 0 Å². The Kier molecular flexibility index (Phi) is 20.0. The van der Waals surface area contributed by atoms with E-state index in [0.717, 1.165) is 90.6 Å². The molecule has 476 valence electrons. The van der Waals surface area contributed by atoms with Gasteiger partial charge in [0.2, 0.25) is 12.0 Å². The largest absolute Gasteiger partial charge is 0.479 e. The maximum Gasteiger partial charge on any atom is 0.335 e. The Balaban J connectivity index is 1.00. The lowest BCUT2D eigenvalue weighted by molar-refractivity contribution is -0.438. The molecule has 0 saturated carbocycles. The SMILES string of the molecule is CSC(=Nc1ccc(SC2=C(/C=C/C3=[N+](CCCCS(=O)(=O)O)c4ccc5ccccc5c4C3(C)C)CCC/C2=C\C=C2\N(CCCCS(=O)(=O)O)c3ccc4ccccc4c3C2(C)C)cc1)Nc1ccc(O[C@@H]2O[C@H](C(=O)O)[C@@H](O)[C@H](O)[C@H]2O)c(C(F)F)c1. The number of benzene rings is 6. The summed E-state index contributed by atoms with van der Waals surface area (Å²) in [5.74, 6) is -2.78. The smallest absolute Gasteiger partial charge is 0.335 e. The van der Waals surface area contributed by atoms with Crippen LogP contribution in [-0.2, 0) is 40.6 Å². The highest BCUT2D eigenvalue weighted by Crippen LogP contribution is 2.52. The Morgan fingerprint density at radius 1 is 0.789 bits per heavy atom. The number of rotatable bonds is 21. The van der Waals surface area contributed by atoms with Gasteiger partial charge in [0.05, 0.1) is 28.2 Å². The third kappa shape index (κ3) is 14.4. The highest BCUT2D eigenvalue weighted by atomic mass is 32.2. The molecule has 5 atom stereocenters. The molecule has 1 saturated heterocycles. The fourth-order valence-electron chi connectivity index (χ4n) is 12.6. The fraction of sp³-hybridized carbons (Fsp3) is 0.358. The number of carboxylic acid groups (broad SMARTS) is 1. The zero-order valence-corrected chi connectivity index (χ0v) is 53.6. The van der Waals surface area contributed by atoms with Crippen molar-refractivity contribution in [2.45, 2.75) is 125 Å². The molecule has 1 aliphatic carbocycles. The van der Waals surface area contributed by atoms with E-state index in [9.17, 15) is 59.9 Å². The molecule has 7 N–H and O–H groups in total. The van der Waals surface area contributed by atoms with Crippen LogP contribution in [0.2, 0.25) is 0 Å². The van der Waals surface area contributed by atoms with E-state index in [1.807, 2.05) is 48.5 Å². The number of aliphatic carboxylic acids is 1. The lowest BCUT2D eigenvalue weighted by Gasteiger charge is -2.38. The number of anilines is 2. The van der Waals surface area contributed by atoms with Gasteiger partial charge >= 0.3 is 5.97 Å². The van der Waals surface area contributed by atoms with Crippen molar-refractivity contribution in [3.8, 4) is 5.75 Å². The standard InChI is InChI=1S/C67H72F2N4O13S4/c1-66(2)53(72(35-10-12-37-89(79,80)81)50-30-21-40-15-6-8-19-47(40)55(50)66)33-23-42-17-14-18-43(24-34-54-67(3,4)56-48-20-9-7-16-41(48)22-31-51(56)73(54)36-11-13-38-90(82,83)84)61(42)88-46-28-25-44(26-29-46)70-65(87-5)71-45-27-32-52(49(39-45)62(68)69)85-64-59(76)57(74)58(75)60(86-64)63(77)78/h6-9,15-16,19-34,39,57-60,62,64,74-76H,10-14,17-18,35-38H2,1-5H3,(H3-,70,71,77,78,79,80,81,82,83,84)/p+1/t57-,58-,59+,60-,64+/m0/s1. The summed E-state index contributed by atoms with van der Waals surface area (Å²) in [4.78, 5) is 20.7. The number of ether oxygens (including phenoxy) is 2. The van der Waals surface area contributed by atoms with E-state index in [1.54, 1.807) is 18.0 Å². The van der Waals surface area contributed by atoms with E-state index < -0.39 is 85.5 Å². The van der Waals surface area contributed by atoms with Crippen LogP contribution in [0.25, 0.3) is 21.5 Å². The molecular formula is C67H73F2N4O13S4+. The molecule has 90 heavy (non-hydrogen) atoms. The van der Waals surface area contributed by atoms with Gasteiger partial charge in [-0.15, -0.1) is 0 Å². The van der Waals surface area contributed by atoms with Crippen LogP contribution in [0.4, 0.5) is 31.5 Å². The van der Waals surface area contributed by atoms with Gasteiger partial charge in [0.15, 0.2) is 17.0 Å². The molecule has 17 nitrogen and oxygen atoms in total. The van der Waals surface area contributed by atoms with Crippen LogP contribution in [0.15, 0.2) is 171 Å². The lowest BCUT2D eigenvalue weighted by Crippen LogP contribution is -2.61. The van der Waals surface area contributed by atoms with Crippen molar-refractivity contribution < 1.29 is 74.0 Å². The molecule has 0 aromatic heterocycles. The monoisotopic (exact) mass is 1310 g/mol. The van der Waals surface area contributed by atoms with E-state index in [4.69, 9.17) is 14.5 Å². The summed E-state index contributed by atoms with van der Waals surface area (Å²) in [6.45, 7) is 9.90. The van der Waals surface area contributed by atoms with Crippen LogP contribution in [0.5, 0.6) is 5.75 Å². The third-order valence-corrected chi connectivity index (χ3v) is 20.4. The molecule has 4 aliphatic rings. The molecule has 0 amide bonds. The number of nitrogens with one attached hydrogen (secondary N) is 1. The van der Waals surface area contributed by atoms with Crippen molar-refractivity contribution in [1.82, 2.24) is 0 Å². The second kappa shape index (κ2) is 27.2. The second-order valence-electron chi connectivity index (χ2n) is 23.8. The highest BCUT2D eigenvalue weighted by molar-refractivity contribution is 8.13. The quantitative estimate of drug-likeness (QED) is 0.0116. The molecule has 23 heteroatoms. The van der Waals surface area contributed by atoms with E-state index in [0.29, 0.717) is 36.8 Å². The topological polar surface area (TPSA) is 256 Å². The first-order valence-corrected chi connectivity index (χ1v) is 34.9. The predicted octanol–water partition coefficient (Wildman–Crippen LogP) is 12.8. The summed E-state index contributed by atoms with van der Waals surface area (Å²) < 4.78 is 109.